The Bertz CT molecular complexity index is 1640. The van der Waals surface area contributed by atoms with Crippen LogP contribution in [-0.2, 0) is 13.0 Å². The van der Waals surface area contributed by atoms with Gasteiger partial charge in [0.1, 0.15) is 5.82 Å². The molecule has 0 aliphatic carbocycles. The lowest BCUT2D eigenvalue weighted by Crippen LogP contribution is -2.26. The van der Waals surface area contributed by atoms with E-state index in [-0.39, 0.29) is 11.3 Å². The predicted octanol–water partition coefficient (Wildman–Crippen LogP) is 4.62. The van der Waals surface area contributed by atoms with E-state index in [9.17, 15) is 9.59 Å². The first-order chi connectivity index (χ1) is 17.7. The third-order valence-electron chi connectivity index (χ3n) is 6.51. The SMILES string of the molecule is O=C(Nc1cccc(-c2nnc3n2CCCCC3)c1)c1nn(-c2ccccc2)c(=O)c2ccccc12. The first kappa shape index (κ1) is 21.9. The zero-order chi connectivity index (χ0) is 24.5. The van der Waals surface area contributed by atoms with Crippen LogP contribution in [0.1, 0.15) is 35.6 Å². The maximum atomic E-state index is 13.5. The summed E-state index contributed by atoms with van der Waals surface area (Å²) in [6, 6.07) is 23.7. The Morgan fingerprint density at radius 3 is 2.50 bits per heavy atom. The molecule has 0 fully saturated rings. The molecule has 3 heterocycles. The molecule has 6 rings (SSSR count). The molecule has 0 saturated heterocycles. The second kappa shape index (κ2) is 9.22. The van der Waals surface area contributed by atoms with Gasteiger partial charge in [-0.3, -0.25) is 9.59 Å². The van der Waals surface area contributed by atoms with Crippen LogP contribution in [0.3, 0.4) is 0 Å². The fourth-order valence-corrected chi connectivity index (χ4v) is 4.73. The standard InChI is InChI=1S/C28H24N6O2/c35-27(25-22-14-6-7-15-23(22)28(36)34(32-25)21-12-3-1-4-13-21)29-20-11-9-10-19(18-20)26-31-30-24-16-5-2-8-17-33(24)26/h1,3-4,6-7,9-15,18H,2,5,8,16-17H2,(H,29,35). The van der Waals surface area contributed by atoms with Crippen molar-refractivity contribution < 1.29 is 4.79 Å². The molecule has 0 unspecified atom stereocenters. The molecule has 0 atom stereocenters. The van der Waals surface area contributed by atoms with Crippen molar-refractivity contribution >= 4 is 22.4 Å². The van der Waals surface area contributed by atoms with Crippen molar-refractivity contribution in [3.05, 3.63) is 101 Å². The van der Waals surface area contributed by atoms with Crippen molar-refractivity contribution in [3.8, 4) is 17.1 Å². The summed E-state index contributed by atoms with van der Waals surface area (Å²) in [4.78, 5) is 26.6. The van der Waals surface area contributed by atoms with Crippen molar-refractivity contribution in [2.45, 2.75) is 32.2 Å². The third kappa shape index (κ3) is 3.96. The molecule has 0 bridgehead atoms. The summed E-state index contributed by atoms with van der Waals surface area (Å²) in [5.74, 6) is 1.42. The van der Waals surface area contributed by atoms with E-state index in [1.807, 2.05) is 42.5 Å². The molecule has 1 aliphatic heterocycles. The van der Waals surface area contributed by atoms with Gasteiger partial charge in [-0.15, -0.1) is 10.2 Å². The Hall–Kier alpha value is -4.59. The molecular weight excluding hydrogens is 452 g/mol. The molecule has 3 aromatic carbocycles. The van der Waals surface area contributed by atoms with Gasteiger partial charge in [0.15, 0.2) is 11.5 Å². The van der Waals surface area contributed by atoms with Crippen LogP contribution in [0.15, 0.2) is 83.7 Å². The highest BCUT2D eigenvalue weighted by atomic mass is 16.2. The van der Waals surface area contributed by atoms with Gasteiger partial charge in [-0.05, 0) is 43.2 Å². The van der Waals surface area contributed by atoms with Crippen molar-refractivity contribution in [3.63, 3.8) is 0 Å². The van der Waals surface area contributed by atoms with Crippen molar-refractivity contribution in [1.82, 2.24) is 24.5 Å². The molecule has 8 heteroatoms. The van der Waals surface area contributed by atoms with E-state index < -0.39 is 5.91 Å². The number of fused-ring (bicyclic) bond motifs is 2. The lowest BCUT2D eigenvalue weighted by atomic mass is 10.1. The molecule has 5 aromatic rings. The average molecular weight is 477 g/mol. The zero-order valence-corrected chi connectivity index (χ0v) is 19.6. The van der Waals surface area contributed by atoms with Crippen molar-refractivity contribution in [1.29, 1.82) is 0 Å². The Kier molecular flexibility index (Phi) is 5.61. The van der Waals surface area contributed by atoms with Crippen LogP contribution in [0.25, 0.3) is 27.8 Å². The van der Waals surface area contributed by atoms with E-state index in [0.29, 0.717) is 22.1 Å². The Labute approximate surface area is 207 Å². The van der Waals surface area contributed by atoms with Crippen LogP contribution in [-0.4, -0.2) is 30.5 Å². The molecule has 1 N–H and O–H groups in total. The average Bonchev–Trinajstić information content (AvgIpc) is 3.17. The van der Waals surface area contributed by atoms with Gasteiger partial charge >= 0.3 is 0 Å². The number of hydrogen-bond donors (Lipinski definition) is 1. The lowest BCUT2D eigenvalue weighted by Gasteiger charge is -2.12. The summed E-state index contributed by atoms with van der Waals surface area (Å²) in [5.41, 5.74) is 2.00. The fourth-order valence-electron chi connectivity index (χ4n) is 4.73. The van der Waals surface area contributed by atoms with Gasteiger partial charge in [-0.2, -0.15) is 9.78 Å². The van der Waals surface area contributed by atoms with Gasteiger partial charge in [-0.1, -0.05) is 55.0 Å². The molecule has 1 amide bonds. The summed E-state index contributed by atoms with van der Waals surface area (Å²) in [7, 11) is 0. The summed E-state index contributed by atoms with van der Waals surface area (Å²) >= 11 is 0. The molecule has 0 saturated carbocycles. The minimum atomic E-state index is -0.395. The fraction of sp³-hybridized carbons (Fsp3) is 0.179. The van der Waals surface area contributed by atoms with Gasteiger partial charge in [0.2, 0.25) is 0 Å². The smallest absolute Gasteiger partial charge is 0.279 e. The predicted molar refractivity (Wildman–Crippen MR) is 138 cm³/mol. The summed E-state index contributed by atoms with van der Waals surface area (Å²) in [6.45, 7) is 0.894. The van der Waals surface area contributed by atoms with Crippen LogP contribution < -0.4 is 10.9 Å². The highest BCUT2D eigenvalue weighted by Gasteiger charge is 2.19. The first-order valence-electron chi connectivity index (χ1n) is 12.1. The maximum absolute atomic E-state index is 13.5. The van der Waals surface area contributed by atoms with E-state index in [2.05, 4.69) is 25.2 Å². The lowest BCUT2D eigenvalue weighted by molar-refractivity contribution is 0.102. The number of nitrogens with one attached hydrogen (secondary N) is 1. The van der Waals surface area contributed by atoms with Gasteiger partial charge in [0.05, 0.1) is 11.1 Å². The Morgan fingerprint density at radius 1 is 0.833 bits per heavy atom. The molecule has 8 nitrogen and oxygen atoms in total. The van der Waals surface area contributed by atoms with Crippen LogP contribution in [0.5, 0.6) is 0 Å². The second-order valence-electron chi connectivity index (χ2n) is 8.88. The van der Waals surface area contributed by atoms with Crippen LogP contribution in [0, 0.1) is 0 Å². The number of carbonyl (C=O) groups excluding carboxylic acids is 1. The van der Waals surface area contributed by atoms with Gasteiger partial charge in [-0.25, -0.2) is 0 Å². The van der Waals surface area contributed by atoms with E-state index in [1.54, 1.807) is 36.4 Å². The minimum Gasteiger partial charge on any atom is -0.321 e. The van der Waals surface area contributed by atoms with Gasteiger partial charge in [0.25, 0.3) is 11.5 Å². The molecule has 178 valence electrons. The first-order valence-corrected chi connectivity index (χ1v) is 12.1. The monoisotopic (exact) mass is 476 g/mol. The second-order valence-corrected chi connectivity index (χ2v) is 8.88. The van der Waals surface area contributed by atoms with Crippen molar-refractivity contribution in [2.75, 3.05) is 5.32 Å². The van der Waals surface area contributed by atoms with E-state index in [0.717, 1.165) is 43.0 Å². The third-order valence-corrected chi connectivity index (χ3v) is 6.51. The van der Waals surface area contributed by atoms with Gasteiger partial charge < -0.3 is 9.88 Å². The molecule has 36 heavy (non-hydrogen) atoms. The number of benzene rings is 3. The summed E-state index contributed by atoms with van der Waals surface area (Å²) < 4.78 is 3.46. The molecule has 1 aliphatic rings. The van der Waals surface area contributed by atoms with Crippen molar-refractivity contribution in [2.24, 2.45) is 0 Å². The number of hydrogen-bond acceptors (Lipinski definition) is 5. The van der Waals surface area contributed by atoms with Crippen LogP contribution in [0.2, 0.25) is 0 Å². The summed E-state index contributed by atoms with van der Waals surface area (Å²) in [5, 5.41) is 17.2. The number of aryl methyl sites for hydroxylation is 1. The van der Waals surface area contributed by atoms with Crippen LogP contribution in [0.4, 0.5) is 5.69 Å². The summed E-state index contributed by atoms with van der Waals surface area (Å²) in [6.07, 6.45) is 4.34. The quantitative estimate of drug-likeness (QED) is 0.408. The number of para-hydroxylation sites is 1. The molecule has 0 spiro atoms. The zero-order valence-electron chi connectivity index (χ0n) is 19.6. The van der Waals surface area contributed by atoms with E-state index >= 15 is 0 Å². The highest BCUT2D eigenvalue weighted by Crippen LogP contribution is 2.25. The van der Waals surface area contributed by atoms with Crippen LogP contribution >= 0.6 is 0 Å². The molecule has 2 aromatic heterocycles. The normalized spacial score (nSPS) is 13.2. The molecule has 0 radical (unpaired) electrons. The number of amides is 1. The topological polar surface area (TPSA) is 94.7 Å². The minimum absolute atomic E-state index is 0.177. The van der Waals surface area contributed by atoms with E-state index in [1.165, 1.54) is 11.1 Å². The Balaban J connectivity index is 1.38. The number of aromatic nitrogens is 5. The van der Waals surface area contributed by atoms with E-state index in [4.69, 9.17) is 0 Å². The van der Waals surface area contributed by atoms with Gasteiger partial charge in [0, 0.05) is 29.6 Å². The number of rotatable bonds is 4. The molecular formula is C28H24N6O2. The number of anilines is 1. The largest absolute Gasteiger partial charge is 0.321 e. The maximum Gasteiger partial charge on any atom is 0.279 e. The Morgan fingerprint density at radius 2 is 1.64 bits per heavy atom. The number of carbonyl (C=O) groups is 1. The highest BCUT2D eigenvalue weighted by molar-refractivity contribution is 6.11. The number of nitrogens with zero attached hydrogens (tertiary/aromatic N) is 5.